The second kappa shape index (κ2) is 1.19. The highest BCUT2D eigenvalue weighted by Gasteiger charge is 2.45. The van der Waals surface area contributed by atoms with Crippen molar-refractivity contribution in [2.75, 3.05) is 5.75 Å². The Morgan fingerprint density at radius 3 is 2.29 bits per heavy atom. The third-order valence-electron chi connectivity index (χ3n) is 1.99. The Bertz CT molecular complexity index is 76.2. The highest BCUT2D eigenvalue weighted by Crippen LogP contribution is 2.56. The first-order chi connectivity index (χ1) is 3.41. The van der Waals surface area contributed by atoms with E-state index in [1.807, 2.05) is 0 Å². The maximum atomic E-state index is 2.21. The normalized spacial score (nSPS) is 34.3. The van der Waals surface area contributed by atoms with Crippen LogP contribution in [0, 0.1) is 0 Å². The van der Waals surface area contributed by atoms with E-state index >= 15 is 0 Å². The number of rotatable bonds is 0. The van der Waals surface area contributed by atoms with Gasteiger partial charge in [0.25, 0.3) is 0 Å². The molecule has 0 nitrogen and oxygen atoms in total. The van der Waals surface area contributed by atoms with Crippen LogP contribution >= 0.6 is 11.8 Å². The molecule has 0 amide bonds. The standard InChI is InChI=1S/C6H10S/c1-2-6(3-4-6)7-5-1/h1-5H2. The van der Waals surface area contributed by atoms with Gasteiger partial charge in [0.2, 0.25) is 0 Å². The lowest BCUT2D eigenvalue weighted by molar-refractivity contribution is 0.798. The largest absolute Gasteiger partial charge is 0.155 e. The molecule has 0 bridgehead atoms. The molecule has 7 heavy (non-hydrogen) atoms. The molecule has 0 atom stereocenters. The summed E-state index contributed by atoms with van der Waals surface area (Å²) in [5.41, 5.74) is 0. The van der Waals surface area contributed by atoms with E-state index in [0.29, 0.717) is 0 Å². The van der Waals surface area contributed by atoms with Crippen LogP contribution in [0.5, 0.6) is 0 Å². The van der Waals surface area contributed by atoms with Crippen LogP contribution in [-0.2, 0) is 0 Å². The van der Waals surface area contributed by atoms with Gasteiger partial charge in [-0.2, -0.15) is 11.8 Å². The molecule has 2 aliphatic rings. The van der Waals surface area contributed by atoms with E-state index in [9.17, 15) is 0 Å². The van der Waals surface area contributed by atoms with Crippen molar-refractivity contribution in [2.45, 2.75) is 30.4 Å². The van der Waals surface area contributed by atoms with E-state index in [1.54, 1.807) is 0 Å². The van der Waals surface area contributed by atoms with Gasteiger partial charge in [0.05, 0.1) is 0 Å². The second-order valence-corrected chi connectivity index (χ2v) is 4.20. The molecule has 1 aliphatic carbocycles. The summed E-state index contributed by atoms with van der Waals surface area (Å²) in [7, 11) is 0. The van der Waals surface area contributed by atoms with Crippen molar-refractivity contribution >= 4 is 11.8 Å². The first kappa shape index (κ1) is 4.25. The van der Waals surface area contributed by atoms with Gasteiger partial charge in [-0.3, -0.25) is 0 Å². The summed E-state index contributed by atoms with van der Waals surface area (Å²) < 4.78 is 0.861. The predicted molar refractivity (Wildman–Crippen MR) is 33.7 cm³/mol. The summed E-state index contributed by atoms with van der Waals surface area (Å²) in [6.07, 6.45) is 6.07. The van der Waals surface area contributed by atoms with E-state index in [4.69, 9.17) is 0 Å². The fourth-order valence-electron chi connectivity index (χ4n) is 1.29. The van der Waals surface area contributed by atoms with E-state index in [2.05, 4.69) is 11.8 Å². The molecule has 2 fully saturated rings. The SMILES string of the molecule is C1CSC2(C1)CC2. The molecule has 0 aromatic heterocycles. The summed E-state index contributed by atoms with van der Waals surface area (Å²) in [6.45, 7) is 0. The molecule has 0 N–H and O–H groups in total. The van der Waals surface area contributed by atoms with Gasteiger partial charge in [-0.25, -0.2) is 0 Å². The first-order valence-corrected chi connectivity index (χ1v) is 4.04. The third-order valence-corrected chi connectivity index (χ3v) is 3.71. The summed E-state index contributed by atoms with van der Waals surface area (Å²) in [4.78, 5) is 0. The summed E-state index contributed by atoms with van der Waals surface area (Å²) in [5.74, 6) is 1.44. The summed E-state index contributed by atoms with van der Waals surface area (Å²) in [6, 6.07) is 0. The van der Waals surface area contributed by atoms with Crippen LogP contribution in [0.4, 0.5) is 0 Å². The van der Waals surface area contributed by atoms with Crippen LogP contribution in [0.15, 0.2) is 0 Å². The van der Waals surface area contributed by atoms with Gasteiger partial charge in [-0.05, 0) is 31.4 Å². The molecule has 40 valence electrons. The highest BCUT2D eigenvalue weighted by atomic mass is 32.2. The van der Waals surface area contributed by atoms with E-state index in [-0.39, 0.29) is 0 Å². The van der Waals surface area contributed by atoms with Crippen LogP contribution in [0.25, 0.3) is 0 Å². The summed E-state index contributed by atoms with van der Waals surface area (Å²) in [5, 5.41) is 0. The fourth-order valence-corrected chi connectivity index (χ4v) is 2.69. The minimum Gasteiger partial charge on any atom is -0.155 e. The van der Waals surface area contributed by atoms with Crippen LogP contribution in [0.3, 0.4) is 0 Å². The Kier molecular flexibility index (Phi) is 0.724. The van der Waals surface area contributed by atoms with Crippen molar-refractivity contribution in [3.63, 3.8) is 0 Å². The van der Waals surface area contributed by atoms with Crippen molar-refractivity contribution in [3.05, 3.63) is 0 Å². The lowest BCUT2D eigenvalue weighted by Gasteiger charge is -1.97. The van der Waals surface area contributed by atoms with Crippen molar-refractivity contribution in [2.24, 2.45) is 0 Å². The van der Waals surface area contributed by atoms with Crippen LogP contribution in [0.1, 0.15) is 25.7 Å². The molecule has 1 heteroatoms. The maximum absolute atomic E-state index is 2.21. The Labute approximate surface area is 48.7 Å². The first-order valence-electron chi connectivity index (χ1n) is 3.05. The average molecular weight is 114 g/mol. The van der Waals surface area contributed by atoms with E-state index in [0.717, 1.165) is 4.75 Å². The zero-order chi connectivity index (χ0) is 4.74. The van der Waals surface area contributed by atoms with Crippen molar-refractivity contribution in [3.8, 4) is 0 Å². The lowest BCUT2D eigenvalue weighted by atomic mass is 10.2. The van der Waals surface area contributed by atoms with Gasteiger partial charge < -0.3 is 0 Å². The number of hydrogen-bond acceptors (Lipinski definition) is 1. The second-order valence-electron chi connectivity index (χ2n) is 2.64. The minimum absolute atomic E-state index is 0.861. The van der Waals surface area contributed by atoms with Gasteiger partial charge in [0.15, 0.2) is 0 Å². The van der Waals surface area contributed by atoms with Crippen LogP contribution < -0.4 is 0 Å². The highest BCUT2D eigenvalue weighted by molar-refractivity contribution is 8.01. The summed E-state index contributed by atoms with van der Waals surface area (Å²) >= 11 is 2.21. The zero-order valence-corrected chi connectivity index (χ0v) is 5.26. The molecule has 1 spiro atoms. The fraction of sp³-hybridized carbons (Fsp3) is 1.00. The molecular weight excluding hydrogens is 104 g/mol. The average Bonchev–Trinajstić information content (AvgIpc) is 2.15. The molecule has 1 saturated carbocycles. The molecule has 1 heterocycles. The molecule has 0 unspecified atom stereocenters. The molecular formula is C6H10S. The van der Waals surface area contributed by atoms with Crippen LogP contribution in [-0.4, -0.2) is 10.5 Å². The maximum Gasteiger partial charge on any atom is 0.0161 e. The smallest absolute Gasteiger partial charge is 0.0161 e. The topological polar surface area (TPSA) is 0 Å². The quantitative estimate of drug-likeness (QED) is 0.464. The van der Waals surface area contributed by atoms with Gasteiger partial charge >= 0.3 is 0 Å². The molecule has 1 saturated heterocycles. The van der Waals surface area contributed by atoms with Crippen molar-refractivity contribution < 1.29 is 0 Å². The molecule has 2 rings (SSSR count). The Morgan fingerprint density at radius 2 is 2.00 bits per heavy atom. The Morgan fingerprint density at radius 1 is 1.14 bits per heavy atom. The molecule has 1 aliphatic heterocycles. The number of hydrogen-bond donors (Lipinski definition) is 0. The molecule has 0 radical (unpaired) electrons. The molecule has 0 aromatic carbocycles. The van der Waals surface area contributed by atoms with Gasteiger partial charge in [0.1, 0.15) is 0 Å². The predicted octanol–water partition coefficient (Wildman–Crippen LogP) is 2.05. The third kappa shape index (κ3) is 0.584. The van der Waals surface area contributed by atoms with Gasteiger partial charge in [0, 0.05) is 4.75 Å². The van der Waals surface area contributed by atoms with Gasteiger partial charge in [-0.15, -0.1) is 0 Å². The molecule has 0 aromatic rings. The van der Waals surface area contributed by atoms with Gasteiger partial charge in [-0.1, -0.05) is 0 Å². The number of thioether (sulfide) groups is 1. The monoisotopic (exact) mass is 114 g/mol. The van der Waals surface area contributed by atoms with E-state index in [1.165, 1.54) is 31.4 Å². The van der Waals surface area contributed by atoms with E-state index < -0.39 is 0 Å². The minimum atomic E-state index is 0.861. The zero-order valence-electron chi connectivity index (χ0n) is 4.44. The Balaban J connectivity index is 2.07. The van der Waals surface area contributed by atoms with Crippen molar-refractivity contribution in [1.29, 1.82) is 0 Å². The van der Waals surface area contributed by atoms with Crippen LogP contribution in [0.2, 0.25) is 0 Å². The van der Waals surface area contributed by atoms with Crippen molar-refractivity contribution in [1.82, 2.24) is 0 Å². The Hall–Kier alpha value is 0.350. The lowest BCUT2D eigenvalue weighted by Crippen LogP contribution is -1.90.